The summed E-state index contributed by atoms with van der Waals surface area (Å²) in [4.78, 5) is 19.5. The maximum Gasteiger partial charge on any atom is 0.225 e. The molecule has 3 saturated heterocycles. The number of amides is 1. The Hall–Kier alpha value is -1.59. The number of carbonyl (C=O) groups is 1. The Kier molecular flexibility index (Phi) is 5.06. The molecule has 1 aromatic carbocycles. The fourth-order valence-electron chi connectivity index (χ4n) is 5.19. The molecule has 0 radical (unpaired) electrons. The summed E-state index contributed by atoms with van der Waals surface area (Å²) in [5, 5.41) is 0. The summed E-state index contributed by atoms with van der Waals surface area (Å²) < 4.78 is 6.47. The number of ether oxygens (including phenoxy) is 1. The van der Waals surface area contributed by atoms with Crippen molar-refractivity contribution in [2.24, 2.45) is 5.92 Å². The zero-order chi connectivity index (χ0) is 19.0. The van der Waals surface area contributed by atoms with Gasteiger partial charge in [-0.05, 0) is 56.3 Å². The first kappa shape index (κ1) is 18.4. The normalized spacial score (nSPS) is 30.9. The van der Waals surface area contributed by atoms with Crippen molar-refractivity contribution in [2.45, 2.75) is 50.7 Å². The van der Waals surface area contributed by atoms with Crippen molar-refractivity contribution in [3.05, 3.63) is 29.8 Å². The fourth-order valence-corrected chi connectivity index (χ4v) is 5.19. The highest BCUT2D eigenvalue weighted by Gasteiger charge is 2.42. The Bertz CT molecular complexity index is 698. The molecule has 2 bridgehead atoms. The van der Waals surface area contributed by atoms with Gasteiger partial charge in [0.1, 0.15) is 11.4 Å². The molecule has 3 aliphatic heterocycles. The number of fused-ring (bicyclic) bond motifs is 2. The molecule has 28 heavy (non-hydrogen) atoms. The fraction of sp³-hybridized carbons (Fsp3) is 0.696. The molecule has 2 atom stereocenters. The molecule has 1 aromatic rings. The van der Waals surface area contributed by atoms with Crippen molar-refractivity contribution in [2.75, 3.05) is 45.8 Å². The van der Waals surface area contributed by atoms with Crippen molar-refractivity contribution in [3.63, 3.8) is 0 Å². The van der Waals surface area contributed by atoms with E-state index in [1.54, 1.807) is 0 Å². The van der Waals surface area contributed by atoms with Crippen LogP contribution < -0.4 is 4.74 Å². The SMILES string of the molecule is O=C(C1CC1)N1CCCN(Cc2ccc(OC34CCCN(CC3)C4)cc2)CC1. The van der Waals surface area contributed by atoms with E-state index in [4.69, 9.17) is 4.74 Å². The van der Waals surface area contributed by atoms with Gasteiger partial charge >= 0.3 is 0 Å². The molecule has 0 aromatic heterocycles. The molecule has 5 nitrogen and oxygen atoms in total. The van der Waals surface area contributed by atoms with E-state index in [2.05, 4.69) is 39.0 Å². The lowest BCUT2D eigenvalue weighted by Gasteiger charge is -2.34. The van der Waals surface area contributed by atoms with E-state index in [-0.39, 0.29) is 5.60 Å². The molecule has 3 heterocycles. The third-order valence-corrected chi connectivity index (χ3v) is 6.99. The van der Waals surface area contributed by atoms with Crippen LogP contribution in [0.25, 0.3) is 0 Å². The second-order valence-corrected chi connectivity index (χ2v) is 9.29. The Balaban J connectivity index is 1.15. The molecule has 4 fully saturated rings. The van der Waals surface area contributed by atoms with Gasteiger partial charge in [0.15, 0.2) is 0 Å². The summed E-state index contributed by atoms with van der Waals surface area (Å²) in [7, 11) is 0. The summed E-state index contributed by atoms with van der Waals surface area (Å²) in [6.07, 6.45) is 6.90. The highest BCUT2D eigenvalue weighted by atomic mass is 16.5. The van der Waals surface area contributed by atoms with Crippen LogP contribution >= 0.6 is 0 Å². The van der Waals surface area contributed by atoms with Gasteiger partial charge < -0.3 is 9.64 Å². The third kappa shape index (κ3) is 4.06. The van der Waals surface area contributed by atoms with Gasteiger partial charge in [-0.3, -0.25) is 14.6 Å². The standard InChI is InChI=1S/C23H33N3O2/c27-22(20-5-6-20)26-13-2-12-24(15-16-26)17-19-3-7-21(8-4-19)28-23-9-1-11-25(18-23)14-10-23/h3-4,7-8,20H,1-2,5-6,9-18H2. The zero-order valence-corrected chi connectivity index (χ0v) is 16.9. The molecule has 4 aliphatic rings. The number of hydrogen-bond acceptors (Lipinski definition) is 4. The van der Waals surface area contributed by atoms with E-state index in [9.17, 15) is 4.79 Å². The average Bonchev–Trinajstić information content (AvgIpc) is 3.53. The van der Waals surface area contributed by atoms with E-state index in [0.29, 0.717) is 11.8 Å². The van der Waals surface area contributed by atoms with Gasteiger partial charge in [-0.15, -0.1) is 0 Å². The van der Waals surface area contributed by atoms with Gasteiger partial charge in [-0.25, -0.2) is 0 Å². The van der Waals surface area contributed by atoms with Crippen molar-refractivity contribution in [1.29, 1.82) is 0 Å². The highest BCUT2D eigenvalue weighted by molar-refractivity contribution is 5.81. The molecule has 2 unspecified atom stereocenters. The van der Waals surface area contributed by atoms with Crippen LogP contribution in [-0.4, -0.2) is 72.0 Å². The molecule has 1 aliphatic carbocycles. The van der Waals surface area contributed by atoms with Gasteiger partial charge in [0.2, 0.25) is 5.91 Å². The quantitative estimate of drug-likeness (QED) is 0.783. The Labute approximate surface area is 168 Å². The number of piperidine rings is 1. The molecular weight excluding hydrogens is 350 g/mol. The molecule has 5 heteroatoms. The molecule has 152 valence electrons. The number of nitrogens with zero attached hydrogens (tertiary/aromatic N) is 3. The van der Waals surface area contributed by atoms with Crippen molar-refractivity contribution < 1.29 is 9.53 Å². The van der Waals surface area contributed by atoms with Crippen LogP contribution in [0.1, 0.15) is 44.1 Å². The summed E-state index contributed by atoms with van der Waals surface area (Å²) >= 11 is 0. The average molecular weight is 384 g/mol. The minimum atomic E-state index is 0.0576. The van der Waals surface area contributed by atoms with Gasteiger partial charge in [0.05, 0.1) is 0 Å². The van der Waals surface area contributed by atoms with E-state index < -0.39 is 0 Å². The molecule has 1 amide bonds. The van der Waals surface area contributed by atoms with Crippen LogP contribution in [0, 0.1) is 5.92 Å². The third-order valence-electron chi connectivity index (χ3n) is 6.99. The Morgan fingerprint density at radius 2 is 1.82 bits per heavy atom. The first-order valence-electron chi connectivity index (χ1n) is 11.2. The van der Waals surface area contributed by atoms with Crippen LogP contribution in [0.3, 0.4) is 0 Å². The minimum absolute atomic E-state index is 0.0576. The number of benzene rings is 1. The van der Waals surface area contributed by atoms with Gasteiger partial charge in [0, 0.05) is 58.2 Å². The number of rotatable bonds is 5. The Morgan fingerprint density at radius 3 is 2.64 bits per heavy atom. The van der Waals surface area contributed by atoms with E-state index in [0.717, 1.165) is 64.3 Å². The van der Waals surface area contributed by atoms with Gasteiger partial charge in [-0.1, -0.05) is 12.1 Å². The largest absolute Gasteiger partial charge is 0.486 e. The lowest BCUT2D eigenvalue weighted by Crippen LogP contribution is -2.43. The van der Waals surface area contributed by atoms with Crippen molar-refractivity contribution >= 4 is 5.91 Å². The van der Waals surface area contributed by atoms with Crippen LogP contribution in [0.4, 0.5) is 0 Å². The molecule has 0 N–H and O–H groups in total. The second kappa shape index (κ2) is 7.68. The summed E-state index contributed by atoms with van der Waals surface area (Å²) in [5.74, 6) is 1.76. The van der Waals surface area contributed by atoms with Crippen LogP contribution in [0.15, 0.2) is 24.3 Å². The first-order chi connectivity index (χ1) is 13.7. The van der Waals surface area contributed by atoms with E-state index >= 15 is 0 Å². The molecule has 5 rings (SSSR count). The number of hydrogen-bond donors (Lipinski definition) is 0. The van der Waals surface area contributed by atoms with Crippen molar-refractivity contribution in [3.8, 4) is 5.75 Å². The molecular formula is C23H33N3O2. The second-order valence-electron chi connectivity index (χ2n) is 9.29. The monoisotopic (exact) mass is 383 g/mol. The lowest BCUT2D eigenvalue weighted by atomic mass is 9.94. The van der Waals surface area contributed by atoms with Crippen LogP contribution in [-0.2, 0) is 11.3 Å². The van der Waals surface area contributed by atoms with Crippen molar-refractivity contribution in [1.82, 2.24) is 14.7 Å². The zero-order valence-electron chi connectivity index (χ0n) is 16.9. The van der Waals surface area contributed by atoms with E-state index in [1.807, 2.05) is 0 Å². The Morgan fingerprint density at radius 1 is 0.964 bits per heavy atom. The summed E-state index contributed by atoms with van der Waals surface area (Å²) in [5.41, 5.74) is 1.39. The maximum atomic E-state index is 12.3. The van der Waals surface area contributed by atoms with Gasteiger partial charge in [0.25, 0.3) is 0 Å². The van der Waals surface area contributed by atoms with Crippen LogP contribution in [0.5, 0.6) is 5.75 Å². The molecule has 1 saturated carbocycles. The predicted molar refractivity (Wildman–Crippen MR) is 109 cm³/mol. The van der Waals surface area contributed by atoms with E-state index in [1.165, 1.54) is 37.9 Å². The maximum absolute atomic E-state index is 12.3. The smallest absolute Gasteiger partial charge is 0.225 e. The summed E-state index contributed by atoms with van der Waals surface area (Å²) in [6, 6.07) is 8.75. The topological polar surface area (TPSA) is 36.0 Å². The predicted octanol–water partition coefficient (Wildman–Crippen LogP) is 2.75. The minimum Gasteiger partial charge on any atom is -0.486 e. The lowest BCUT2D eigenvalue weighted by molar-refractivity contribution is -0.132. The van der Waals surface area contributed by atoms with Crippen LogP contribution in [0.2, 0.25) is 0 Å². The first-order valence-corrected chi connectivity index (χ1v) is 11.2. The highest BCUT2D eigenvalue weighted by Crippen LogP contribution is 2.36. The molecule has 0 spiro atoms. The number of carbonyl (C=O) groups excluding carboxylic acids is 1. The van der Waals surface area contributed by atoms with Gasteiger partial charge in [-0.2, -0.15) is 0 Å². The summed E-state index contributed by atoms with van der Waals surface area (Å²) in [6.45, 7) is 8.36.